The molecule has 0 fully saturated rings. The van der Waals surface area contributed by atoms with Gasteiger partial charge < -0.3 is 14.6 Å². The van der Waals surface area contributed by atoms with E-state index in [1.165, 1.54) is 5.56 Å². The SMILES string of the molecule is CCCN(CC(=O)O)Cc1cc2c(cc1OCC)C[C@H](C)O2. The highest BCUT2D eigenvalue weighted by atomic mass is 16.5. The van der Waals surface area contributed by atoms with Crippen molar-refractivity contribution in [1.82, 2.24) is 4.90 Å². The predicted octanol–water partition coefficient (Wildman–Crippen LogP) is 2.71. The van der Waals surface area contributed by atoms with Crippen molar-refractivity contribution in [2.75, 3.05) is 19.7 Å². The molecule has 122 valence electrons. The van der Waals surface area contributed by atoms with E-state index in [2.05, 4.69) is 0 Å². The summed E-state index contributed by atoms with van der Waals surface area (Å²) in [5.41, 5.74) is 2.16. The van der Waals surface area contributed by atoms with E-state index in [1.54, 1.807) is 0 Å². The van der Waals surface area contributed by atoms with Crippen molar-refractivity contribution < 1.29 is 19.4 Å². The summed E-state index contributed by atoms with van der Waals surface area (Å²) in [7, 11) is 0. The maximum Gasteiger partial charge on any atom is 0.317 e. The summed E-state index contributed by atoms with van der Waals surface area (Å²) in [5.74, 6) is 0.931. The van der Waals surface area contributed by atoms with Crippen molar-refractivity contribution in [3.05, 3.63) is 23.3 Å². The van der Waals surface area contributed by atoms with Gasteiger partial charge in [0, 0.05) is 24.1 Å². The van der Waals surface area contributed by atoms with Crippen molar-refractivity contribution in [3.63, 3.8) is 0 Å². The minimum Gasteiger partial charge on any atom is -0.494 e. The average molecular weight is 307 g/mol. The summed E-state index contributed by atoms with van der Waals surface area (Å²) in [5, 5.41) is 9.05. The molecule has 1 aliphatic rings. The lowest BCUT2D eigenvalue weighted by Crippen LogP contribution is -2.30. The molecule has 5 nitrogen and oxygen atoms in total. The van der Waals surface area contributed by atoms with Crippen LogP contribution in [0.1, 0.15) is 38.3 Å². The Hall–Kier alpha value is -1.75. The van der Waals surface area contributed by atoms with E-state index in [0.717, 1.165) is 36.4 Å². The Kier molecular flexibility index (Phi) is 5.66. The number of aliphatic carboxylic acids is 1. The Labute approximate surface area is 131 Å². The molecule has 1 aromatic carbocycles. The van der Waals surface area contributed by atoms with Gasteiger partial charge in [0.15, 0.2) is 0 Å². The van der Waals surface area contributed by atoms with Gasteiger partial charge in [-0.3, -0.25) is 9.69 Å². The standard InChI is InChI=1S/C17H25NO4/c1-4-6-18(11-17(19)20)10-14-9-16-13(7-12(3)22-16)8-15(14)21-5-2/h8-9,12H,4-7,10-11H2,1-3H3,(H,19,20)/t12-/m0/s1. The topological polar surface area (TPSA) is 59.0 Å². The van der Waals surface area contributed by atoms with E-state index in [1.807, 2.05) is 37.8 Å². The van der Waals surface area contributed by atoms with E-state index in [-0.39, 0.29) is 12.6 Å². The fourth-order valence-electron chi connectivity index (χ4n) is 2.86. The Morgan fingerprint density at radius 2 is 2.23 bits per heavy atom. The number of hydrogen-bond acceptors (Lipinski definition) is 4. The normalized spacial score (nSPS) is 16.5. The summed E-state index contributed by atoms with van der Waals surface area (Å²) >= 11 is 0. The third kappa shape index (κ3) is 4.13. The van der Waals surface area contributed by atoms with Gasteiger partial charge in [0.05, 0.1) is 13.2 Å². The van der Waals surface area contributed by atoms with Gasteiger partial charge in [-0.25, -0.2) is 0 Å². The molecule has 0 saturated carbocycles. The maximum atomic E-state index is 11.0. The largest absolute Gasteiger partial charge is 0.494 e. The third-order valence-electron chi connectivity index (χ3n) is 3.67. The second-order valence-electron chi connectivity index (χ2n) is 5.74. The number of benzene rings is 1. The molecule has 1 N–H and O–H groups in total. The maximum absolute atomic E-state index is 11.0. The van der Waals surface area contributed by atoms with E-state index in [9.17, 15) is 4.79 Å². The molecule has 0 saturated heterocycles. The van der Waals surface area contributed by atoms with E-state index in [4.69, 9.17) is 14.6 Å². The van der Waals surface area contributed by atoms with Crippen molar-refractivity contribution in [2.24, 2.45) is 0 Å². The molecular weight excluding hydrogens is 282 g/mol. The smallest absolute Gasteiger partial charge is 0.317 e. The molecule has 5 heteroatoms. The lowest BCUT2D eigenvalue weighted by atomic mass is 10.1. The van der Waals surface area contributed by atoms with Gasteiger partial charge in [-0.05, 0) is 38.9 Å². The fraction of sp³-hybridized carbons (Fsp3) is 0.588. The van der Waals surface area contributed by atoms with Crippen LogP contribution in [0.25, 0.3) is 0 Å². The molecule has 0 unspecified atom stereocenters. The zero-order chi connectivity index (χ0) is 16.1. The average Bonchev–Trinajstić information content (AvgIpc) is 2.78. The molecule has 1 aliphatic heterocycles. The third-order valence-corrected chi connectivity index (χ3v) is 3.67. The number of hydrogen-bond donors (Lipinski definition) is 1. The molecular formula is C17H25NO4. The van der Waals surface area contributed by atoms with Crippen LogP contribution in [0.4, 0.5) is 0 Å². The van der Waals surface area contributed by atoms with Crippen LogP contribution in [-0.2, 0) is 17.8 Å². The fourth-order valence-corrected chi connectivity index (χ4v) is 2.86. The molecule has 1 aromatic rings. The van der Waals surface area contributed by atoms with Gasteiger partial charge in [0.25, 0.3) is 0 Å². The van der Waals surface area contributed by atoms with Crippen LogP contribution in [0, 0.1) is 0 Å². The monoisotopic (exact) mass is 307 g/mol. The lowest BCUT2D eigenvalue weighted by molar-refractivity contribution is -0.138. The Morgan fingerprint density at radius 1 is 1.45 bits per heavy atom. The quantitative estimate of drug-likeness (QED) is 0.800. The number of fused-ring (bicyclic) bond motifs is 1. The van der Waals surface area contributed by atoms with Crippen LogP contribution in [0.5, 0.6) is 11.5 Å². The highest BCUT2D eigenvalue weighted by Gasteiger charge is 2.23. The second-order valence-corrected chi connectivity index (χ2v) is 5.74. The first kappa shape index (κ1) is 16.6. The number of carboxylic acids is 1. The molecule has 0 aromatic heterocycles. The van der Waals surface area contributed by atoms with Crippen LogP contribution in [-0.4, -0.2) is 41.8 Å². The first-order valence-corrected chi connectivity index (χ1v) is 7.92. The molecule has 1 atom stereocenters. The Bertz CT molecular complexity index is 530. The molecule has 0 aliphatic carbocycles. The van der Waals surface area contributed by atoms with Crippen molar-refractivity contribution in [1.29, 1.82) is 0 Å². The number of carbonyl (C=O) groups is 1. The number of rotatable bonds is 8. The molecule has 0 bridgehead atoms. The van der Waals surface area contributed by atoms with E-state index in [0.29, 0.717) is 13.2 Å². The summed E-state index contributed by atoms with van der Waals surface area (Å²) in [6, 6.07) is 4.05. The number of ether oxygens (including phenoxy) is 2. The summed E-state index contributed by atoms with van der Waals surface area (Å²) in [4.78, 5) is 12.9. The molecule has 22 heavy (non-hydrogen) atoms. The summed E-state index contributed by atoms with van der Waals surface area (Å²) in [6.45, 7) is 7.98. The van der Waals surface area contributed by atoms with Gasteiger partial charge >= 0.3 is 5.97 Å². The summed E-state index contributed by atoms with van der Waals surface area (Å²) in [6.07, 6.45) is 1.99. The van der Waals surface area contributed by atoms with Crippen molar-refractivity contribution in [3.8, 4) is 11.5 Å². The molecule has 2 rings (SSSR count). The van der Waals surface area contributed by atoms with Gasteiger partial charge in [-0.15, -0.1) is 0 Å². The van der Waals surface area contributed by atoms with Crippen molar-refractivity contribution >= 4 is 5.97 Å². The van der Waals surface area contributed by atoms with Crippen molar-refractivity contribution in [2.45, 2.75) is 46.3 Å². The van der Waals surface area contributed by atoms with E-state index >= 15 is 0 Å². The van der Waals surface area contributed by atoms with Crippen LogP contribution in [0.15, 0.2) is 12.1 Å². The zero-order valence-electron chi connectivity index (χ0n) is 13.6. The lowest BCUT2D eigenvalue weighted by Gasteiger charge is -2.21. The van der Waals surface area contributed by atoms with Crippen LogP contribution in [0.2, 0.25) is 0 Å². The van der Waals surface area contributed by atoms with Gasteiger partial charge in [-0.1, -0.05) is 6.92 Å². The van der Waals surface area contributed by atoms with E-state index < -0.39 is 5.97 Å². The molecule has 0 radical (unpaired) electrons. The number of nitrogens with zero attached hydrogens (tertiary/aromatic N) is 1. The highest BCUT2D eigenvalue weighted by molar-refractivity contribution is 5.69. The number of carboxylic acid groups (broad SMARTS) is 1. The highest BCUT2D eigenvalue weighted by Crippen LogP contribution is 2.35. The minimum atomic E-state index is -0.808. The zero-order valence-corrected chi connectivity index (χ0v) is 13.6. The molecule has 0 amide bonds. The second kappa shape index (κ2) is 7.49. The van der Waals surface area contributed by atoms with Crippen LogP contribution < -0.4 is 9.47 Å². The van der Waals surface area contributed by atoms with Gasteiger partial charge in [0.1, 0.15) is 17.6 Å². The first-order chi connectivity index (χ1) is 10.5. The Morgan fingerprint density at radius 3 is 2.86 bits per heavy atom. The first-order valence-electron chi connectivity index (χ1n) is 7.92. The summed E-state index contributed by atoms with van der Waals surface area (Å²) < 4.78 is 11.6. The molecule has 1 heterocycles. The van der Waals surface area contributed by atoms with Crippen LogP contribution >= 0.6 is 0 Å². The molecule has 0 spiro atoms. The van der Waals surface area contributed by atoms with Gasteiger partial charge in [-0.2, -0.15) is 0 Å². The minimum absolute atomic E-state index is 0.0355. The Balaban J connectivity index is 2.24. The van der Waals surface area contributed by atoms with Gasteiger partial charge in [0.2, 0.25) is 0 Å². The van der Waals surface area contributed by atoms with Crippen LogP contribution in [0.3, 0.4) is 0 Å². The predicted molar refractivity (Wildman–Crippen MR) is 84.6 cm³/mol.